The zero-order chi connectivity index (χ0) is 11.4. The maximum Gasteiger partial charge on any atom is 0.180 e. The van der Waals surface area contributed by atoms with Gasteiger partial charge in [0, 0.05) is 0 Å². The number of thiophene rings is 1. The van der Waals surface area contributed by atoms with Crippen molar-refractivity contribution < 1.29 is 4.74 Å². The molecular formula is C12H6N2OS. The minimum absolute atomic E-state index is 0.276. The lowest BCUT2D eigenvalue weighted by Gasteiger charge is -2.05. The van der Waals surface area contributed by atoms with E-state index in [2.05, 4.69) is 0 Å². The van der Waals surface area contributed by atoms with Gasteiger partial charge in [-0.25, -0.2) is 0 Å². The van der Waals surface area contributed by atoms with Gasteiger partial charge < -0.3 is 4.74 Å². The summed E-state index contributed by atoms with van der Waals surface area (Å²) in [4.78, 5) is 0. The molecule has 0 unspecified atom stereocenters. The van der Waals surface area contributed by atoms with Gasteiger partial charge in [0.15, 0.2) is 5.06 Å². The van der Waals surface area contributed by atoms with E-state index in [1.165, 1.54) is 11.3 Å². The molecule has 2 aromatic rings. The molecule has 0 fully saturated rings. The highest BCUT2D eigenvalue weighted by Gasteiger charge is 2.09. The first-order chi connectivity index (χ1) is 7.85. The van der Waals surface area contributed by atoms with Crippen molar-refractivity contribution in [3.63, 3.8) is 0 Å². The molecule has 3 nitrogen and oxygen atoms in total. The lowest BCUT2D eigenvalue weighted by atomic mass is 10.1. The third-order valence-electron chi connectivity index (χ3n) is 1.96. The molecule has 0 saturated heterocycles. The first kappa shape index (κ1) is 10.2. The summed E-state index contributed by atoms with van der Waals surface area (Å²) in [6.07, 6.45) is 0. The molecule has 0 spiro atoms. The van der Waals surface area contributed by atoms with Crippen LogP contribution < -0.4 is 4.74 Å². The number of ether oxygens (including phenoxy) is 1. The van der Waals surface area contributed by atoms with Crippen LogP contribution in [0.5, 0.6) is 10.8 Å². The number of hydrogen-bond donors (Lipinski definition) is 0. The second-order valence-corrected chi connectivity index (χ2v) is 3.85. The Labute approximate surface area is 96.8 Å². The lowest BCUT2D eigenvalue weighted by Crippen LogP contribution is -1.89. The van der Waals surface area contributed by atoms with E-state index in [-0.39, 0.29) is 5.56 Å². The fraction of sp³-hybridized carbons (Fsp3) is 0. The Morgan fingerprint density at radius 2 is 1.94 bits per heavy atom. The number of nitriles is 2. The van der Waals surface area contributed by atoms with Gasteiger partial charge in [-0.3, -0.25) is 0 Å². The van der Waals surface area contributed by atoms with Crippen molar-refractivity contribution in [3.8, 4) is 23.0 Å². The highest BCUT2D eigenvalue weighted by Crippen LogP contribution is 2.29. The van der Waals surface area contributed by atoms with E-state index in [1.54, 1.807) is 18.2 Å². The van der Waals surface area contributed by atoms with Gasteiger partial charge in [-0.15, -0.1) is 11.3 Å². The molecule has 0 aliphatic rings. The summed E-state index contributed by atoms with van der Waals surface area (Å²) in [6.45, 7) is 0. The quantitative estimate of drug-likeness (QED) is 0.789. The van der Waals surface area contributed by atoms with Crippen LogP contribution in [0.3, 0.4) is 0 Å². The Morgan fingerprint density at radius 3 is 2.56 bits per heavy atom. The van der Waals surface area contributed by atoms with Gasteiger partial charge in [0.05, 0.1) is 5.56 Å². The van der Waals surface area contributed by atoms with Crippen molar-refractivity contribution in [1.82, 2.24) is 0 Å². The normalized spacial score (nSPS) is 9.12. The van der Waals surface area contributed by atoms with Crippen molar-refractivity contribution in [2.45, 2.75) is 0 Å². The maximum atomic E-state index is 8.98. The van der Waals surface area contributed by atoms with Gasteiger partial charge >= 0.3 is 0 Å². The molecule has 0 aliphatic heterocycles. The molecule has 0 bridgehead atoms. The third kappa shape index (κ3) is 1.88. The molecule has 2 rings (SSSR count). The molecule has 76 valence electrons. The Bertz CT molecular complexity index is 576. The summed E-state index contributed by atoms with van der Waals surface area (Å²) in [5.74, 6) is 0.420. The predicted molar refractivity (Wildman–Crippen MR) is 60.3 cm³/mol. The Hall–Kier alpha value is -2.30. The van der Waals surface area contributed by atoms with Gasteiger partial charge in [-0.1, -0.05) is 6.07 Å². The number of hydrogen-bond acceptors (Lipinski definition) is 4. The molecule has 0 saturated carbocycles. The molecule has 1 aromatic heterocycles. The van der Waals surface area contributed by atoms with Crippen molar-refractivity contribution in [3.05, 3.63) is 46.8 Å². The number of benzene rings is 1. The van der Waals surface area contributed by atoms with E-state index in [4.69, 9.17) is 15.3 Å². The smallest absolute Gasteiger partial charge is 0.180 e. The second-order valence-electron chi connectivity index (χ2n) is 2.94. The maximum absolute atomic E-state index is 8.98. The van der Waals surface area contributed by atoms with E-state index in [0.29, 0.717) is 16.4 Å². The minimum atomic E-state index is 0.276. The summed E-state index contributed by atoms with van der Waals surface area (Å²) < 4.78 is 5.53. The van der Waals surface area contributed by atoms with Gasteiger partial charge in [-0.2, -0.15) is 10.5 Å². The van der Waals surface area contributed by atoms with E-state index in [1.807, 2.05) is 29.7 Å². The fourth-order valence-electron chi connectivity index (χ4n) is 1.25. The Kier molecular flexibility index (Phi) is 2.86. The van der Waals surface area contributed by atoms with Crippen LogP contribution in [-0.4, -0.2) is 0 Å². The lowest BCUT2D eigenvalue weighted by molar-refractivity contribution is 0.495. The van der Waals surface area contributed by atoms with Crippen LogP contribution in [0, 0.1) is 22.7 Å². The monoisotopic (exact) mass is 226 g/mol. The predicted octanol–water partition coefficient (Wildman–Crippen LogP) is 3.28. The molecule has 0 radical (unpaired) electrons. The van der Waals surface area contributed by atoms with Crippen LogP contribution in [0.25, 0.3) is 0 Å². The van der Waals surface area contributed by atoms with Crippen LogP contribution in [0.2, 0.25) is 0 Å². The second kappa shape index (κ2) is 4.48. The van der Waals surface area contributed by atoms with Crippen molar-refractivity contribution in [1.29, 1.82) is 10.5 Å². The molecule has 4 heteroatoms. The minimum Gasteiger partial charge on any atom is -0.445 e. The van der Waals surface area contributed by atoms with Gasteiger partial charge in [0.25, 0.3) is 0 Å². The third-order valence-corrected chi connectivity index (χ3v) is 2.71. The average molecular weight is 226 g/mol. The Balaban J connectivity index is 2.43. The van der Waals surface area contributed by atoms with Crippen LogP contribution in [-0.2, 0) is 0 Å². The molecule has 1 aromatic carbocycles. The standard InChI is InChI=1S/C12H6N2OS/c13-7-9-3-1-4-11(10(9)8-14)15-12-5-2-6-16-12/h1-6H. The molecule has 0 N–H and O–H groups in total. The van der Waals surface area contributed by atoms with Crippen LogP contribution in [0.4, 0.5) is 0 Å². The van der Waals surface area contributed by atoms with Crippen LogP contribution in [0.15, 0.2) is 35.7 Å². The number of nitrogens with zero attached hydrogens (tertiary/aromatic N) is 2. The summed E-state index contributed by atoms with van der Waals surface area (Å²) >= 11 is 1.44. The zero-order valence-corrected chi connectivity index (χ0v) is 8.99. The van der Waals surface area contributed by atoms with E-state index < -0.39 is 0 Å². The van der Waals surface area contributed by atoms with E-state index >= 15 is 0 Å². The summed E-state index contributed by atoms with van der Waals surface area (Å²) in [7, 11) is 0. The number of rotatable bonds is 2. The average Bonchev–Trinajstić information content (AvgIpc) is 2.81. The van der Waals surface area contributed by atoms with Crippen molar-refractivity contribution >= 4 is 11.3 Å². The molecule has 0 aliphatic carbocycles. The molecule has 16 heavy (non-hydrogen) atoms. The van der Waals surface area contributed by atoms with Crippen molar-refractivity contribution in [2.75, 3.05) is 0 Å². The van der Waals surface area contributed by atoms with Crippen LogP contribution in [0.1, 0.15) is 11.1 Å². The van der Waals surface area contributed by atoms with Gasteiger partial charge in [0.1, 0.15) is 23.5 Å². The Morgan fingerprint density at radius 1 is 1.06 bits per heavy atom. The topological polar surface area (TPSA) is 56.8 Å². The largest absolute Gasteiger partial charge is 0.445 e. The van der Waals surface area contributed by atoms with Crippen molar-refractivity contribution in [2.24, 2.45) is 0 Å². The van der Waals surface area contributed by atoms with Gasteiger partial charge in [0.2, 0.25) is 0 Å². The SMILES string of the molecule is N#Cc1cccc(Oc2cccs2)c1C#N. The van der Waals surface area contributed by atoms with E-state index in [0.717, 1.165) is 0 Å². The summed E-state index contributed by atoms with van der Waals surface area (Å²) in [6, 6.07) is 12.6. The van der Waals surface area contributed by atoms with E-state index in [9.17, 15) is 0 Å². The summed E-state index contributed by atoms with van der Waals surface area (Å²) in [5, 5.41) is 20.4. The molecule has 1 heterocycles. The summed E-state index contributed by atoms with van der Waals surface area (Å²) in [5.41, 5.74) is 0.606. The fourth-order valence-corrected chi connectivity index (χ4v) is 1.84. The zero-order valence-electron chi connectivity index (χ0n) is 8.18. The van der Waals surface area contributed by atoms with Gasteiger partial charge in [-0.05, 0) is 29.6 Å². The highest BCUT2D eigenvalue weighted by molar-refractivity contribution is 7.11. The first-order valence-corrected chi connectivity index (χ1v) is 5.37. The molecule has 0 amide bonds. The first-order valence-electron chi connectivity index (χ1n) is 4.49. The van der Waals surface area contributed by atoms with Crippen LogP contribution >= 0.6 is 11.3 Å². The molecule has 0 atom stereocenters. The highest BCUT2D eigenvalue weighted by atomic mass is 32.1. The molecular weight excluding hydrogens is 220 g/mol.